The number of aliphatic carboxylic acids is 2. The molecule has 0 amide bonds. The van der Waals surface area contributed by atoms with Crippen molar-refractivity contribution in [3.8, 4) is 0 Å². The molecule has 8 nitrogen and oxygen atoms in total. The minimum Gasteiger partial charge on any atom is -0.480 e. The highest BCUT2D eigenvalue weighted by atomic mass is 19.4. The third kappa shape index (κ3) is 9.52. The number of hydrogen-bond donors (Lipinski definition) is 3. The molecule has 0 radical (unpaired) electrons. The van der Waals surface area contributed by atoms with Crippen LogP contribution >= 0.6 is 0 Å². The monoisotopic (exact) mass is 285 g/mol. The summed E-state index contributed by atoms with van der Waals surface area (Å²) >= 11 is 0. The highest BCUT2D eigenvalue weighted by Crippen LogP contribution is 2.13. The molecule has 1 heterocycles. The zero-order chi connectivity index (χ0) is 14.9. The third-order valence-corrected chi connectivity index (χ3v) is 1.44. The quantitative estimate of drug-likeness (QED) is 0.654. The molecule has 0 bridgehead atoms. The summed E-state index contributed by atoms with van der Waals surface area (Å²) in [5.74, 6) is -3.72. The highest BCUT2D eigenvalue weighted by Gasteiger charge is 2.38. The van der Waals surface area contributed by atoms with Gasteiger partial charge in [-0.05, 0) is 0 Å². The Labute approximate surface area is 104 Å². The third-order valence-electron chi connectivity index (χ3n) is 1.44. The maximum Gasteiger partial charge on any atom is 0.490 e. The second-order valence-electron chi connectivity index (χ2n) is 2.96. The van der Waals surface area contributed by atoms with Crippen LogP contribution in [0.15, 0.2) is 6.20 Å². The molecule has 0 aliphatic heterocycles. The number of carboxylic acid groups (broad SMARTS) is 2. The van der Waals surface area contributed by atoms with Gasteiger partial charge in [-0.3, -0.25) is 0 Å². The average Bonchev–Trinajstić information content (AvgIpc) is 2.76. The number of carbonyl (C=O) groups is 2. The van der Waals surface area contributed by atoms with Crippen LogP contribution in [0.5, 0.6) is 0 Å². The van der Waals surface area contributed by atoms with Gasteiger partial charge in [0.15, 0.2) is 0 Å². The summed E-state index contributed by atoms with van der Waals surface area (Å²) in [6, 6.07) is 0. The minimum atomic E-state index is -5.08. The molecule has 11 heteroatoms. The van der Waals surface area contributed by atoms with Gasteiger partial charge in [0.05, 0.1) is 18.5 Å². The molecule has 3 N–H and O–H groups in total. The van der Waals surface area contributed by atoms with E-state index < -0.39 is 18.1 Å². The molecule has 0 spiro atoms. The van der Waals surface area contributed by atoms with E-state index in [1.54, 1.807) is 6.20 Å². The van der Waals surface area contributed by atoms with E-state index in [1.165, 1.54) is 0 Å². The Bertz CT molecular complexity index is 393. The van der Waals surface area contributed by atoms with Gasteiger partial charge in [-0.2, -0.15) is 28.6 Å². The van der Waals surface area contributed by atoms with Crippen molar-refractivity contribution in [2.75, 3.05) is 13.2 Å². The summed E-state index contributed by atoms with van der Waals surface area (Å²) in [6.45, 7) is 0.0800. The maximum atomic E-state index is 10.6. The topological polar surface area (TPSA) is 125 Å². The predicted molar refractivity (Wildman–Crippen MR) is 52.2 cm³/mol. The number of H-pyrrole nitrogens is 1. The number of halogens is 3. The maximum absolute atomic E-state index is 10.6. The standard InChI is InChI=1S/C6H9N3O3.C2HF3O2/c10-6(11)4-12-2-1-5-3-7-9-8-5;3-2(4,5)1(6)7/h3H,1-2,4H2,(H,10,11)(H,7,8,9);(H,6,7). The Morgan fingerprint density at radius 1 is 1.37 bits per heavy atom. The van der Waals surface area contributed by atoms with E-state index in [9.17, 15) is 18.0 Å². The zero-order valence-corrected chi connectivity index (χ0v) is 9.35. The number of aromatic amines is 1. The molecule has 1 aromatic heterocycles. The van der Waals surface area contributed by atoms with E-state index >= 15 is 0 Å². The van der Waals surface area contributed by atoms with Gasteiger partial charge >= 0.3 is 18.1 Å². The number of aromatic nitrogens is 3. The second-order valence-corrected chi connectivity index (χ2v) is 2.96. The molecule has 0 aliphatic rings. The van der Waals surface area contributed by atoms with Gasteiger partial charge in [0, 0.05) is 6.42 Å². The van der Waals surface area contributed by atoms with Crippen molar-refractivity contribution in [2.24, 2.45) is 0 Å². The number of alkyl halides is 3. The molecule has 1 rings (SSSR count). The molecule has 0 aromatic carbocycles. The number of hydrogen-bond acceptors (Lipinski definition) is 5. The average molecular weight is 285 g/mol. The summed E-state index contributed by atoms with van der Waals surface area (Å²) in [4.78, 5) is 18.9. The molecule has 0 unspecified atom stereocenters. The lowest BCUT2D eigenvalue weighted by molar-refractivity contribution is -0.192. The number of rotatable bonds is 5. The number of nitrogens with one attached hydrogen (secondary N) is 1. The predicted octanol–water partition coefficient (Wildman–Crippen LogP) is 0.0817. The zero-order valence-electron chi connectivity index (χ0n) is 9.35. The molecule has 0 saturated carbocycles. The lowest BCUT2D eigenvalue weighted by Crippen LogP contribution is -2.21. The normalized spacial score (nSPS) is 10.5. The molecule has 0 atom stereocenters. The van der Waals surface area contributed by atoms with Crippen LogP contribution in [-0.4, -0.2) is 57.0 Å². The van der Waals surface area contributed by atoms with Crippen LogP contribution in [0.1, 0.15) is 5.69 Å². The van der Waals surface area contributed by atoms with E-state index in [4.69, 9.17) is 19.7 Å². The summed E-state index contributed by atoms with van der Waals surface area (Å²) in [5.41, 5.74) is 0.764. The molecular formula is C8H10F3N3O5. The SMILES string of the molecule is O=C(O)C(F)(F)F.O=C(O)COCCc1cn[nH]n1. The molecule has 19 heavy (non-hydrogen) atoms. The van der Waals surface area contributed by atoms with E-state index in [0.29, 0.717) is 13.0 Å². The second kappa shape index (κ2) is 8.02. The first-order valence-electron chi connectivity index (χ1n) is 4.67. The summed E-state index contributed by atoms with van der Waals surface area (Å²) in [7, 11) is 0. The molecule has 0 fully saturated rings. The van der Waals surface area contributed by atoms with Gasteiger partial charge in [0.2, 0.25) is 0 Å². The fourth-order valence-corrected chi connectivity index (χ4v) is 0.682. The molecular weight excluding hydrogens is 275 g/mol. The fraction of sp³-hybridized carbons (Fsp3) is 0.500. The number of carboxylic acids is 2. The number of ether oxygens (including phenoxy) is 1. The van der Waals surface area contributed by atoms with Crippen LogP contribution in [-0.2, 0) is 20.7 Å². The Morgan fingerprint density at radius 3 is 2.32 bits per heavy atom. The van der Waals surface area contributed by atoms with Crippen molar-refractivity contribution < 1.29 is 37.7 Å². The highest BCUT2D eigenvalue weighted by molar-refractivity contribution is 5.73. The fourth-order valence-electron chi connectivity index (χ4n) is 0.682. The van der Waals surface area contributed by atoms with Gasteiger partial charge in [-0.25, -0.2) is 9.59 Å². The van der Waals surface area contributed by atoms with Crippen molar-refractivity contribution in [3.63, 3.8) is 0 Å². The largest absolute Gasteiger partial charge is 0.490 e. The van der Waals surface area contributed by atoms with Crippen molar-refractivity contribution in [2.45, 2.75) is 12.6 Å². The Balaban J connectivity index is 0.000000399. The minimum absolute atomic E-state index is 0.266. The van der Waals surface area contributed by atoms with Crippen molar-refractivity contribution in [1.82, 2.24) is 15.4 Å². The molecule has 1 aromatic rings. The van der Waals surface area contributed by atoms with E-state index in [0.717, 1.165) is 5.69 Å². The lowest BCUT2D eigenvalue weighted by atomic mass is 10.3. The van der Waals surface area contributed by atoms with Crippen molar-refractivity contribution in [1.29, 1.82) is 0 Å². The van der Waals surface area contributed by atoms with Gasteiger partial charge < -0.3 is 14.9 Å². The van der Waals surface area contributed by atoms with Gasteiger partial charge in [0.1, 0.15) is 6.61 Å². The van der Waals surface area contributed by atoms with Gasteiger partial charge in [-0.15, -0.1) is 0 Å². The van der Waals surface area contributed by atoms with E-state index in [2.05, 4.69) is 15.4 Å². The summed E-state index contributed by atoms with van der Waals surface area (Å²) < 4.78 is 36.5. The van der Waals surface area contributed by atoms with E-state index in [-0.39, 0.29) is 6.61 Å². The smallest absolute Gasteiger partial charge is 0.480 e. The Morgan fingerprint density at radius 2 is 1.95 bits per heavy atom. The lowest BCUT2D eigenvalue weighted by Gasteiger charge is -1.96. The van der Waals surface area contributed by atoms with Gasteiger partial charge in [-0.1, -0.05) is 0 Å². The molecule has 0 saturated heterocycles. The van der Waals surface area contributed by atoms with Crippen LogP contribution in [0.3, 0.4) is 0 Å². The van der Waals surface area contributed by atoms with Crippen LogP contribution < -0.4 is 0 Å². The first-order chi connectivity index (χ1) is 8.73. The summed E-state index contributed by atoms with van der Waals surface area (Å²) in [5, 5.41) is 25.1. The van der Waals surface area contributed by atoms with E-state index in [1.807, 2.05) is 0 Å². The molecule has 108 valence electrons. The Hall–Kier alpha value is -2.17. The van der Waals surface area contributed by atoms with Crippen LogP contribution in [0, 0.1) is 0 Å². The number of nitrogens with zero attached hydrogens (tertiary/aromatic N) is 2. The van der Waals surface area contributed by atoms with Gasteiger partial charge in [0.25, 0.3) is 0 Å². The first-order valence-corrected chi connectivity index (χ1v) is 4.67. The van der Waals surface area contributed by atoms with Crippen LogP contribution in [0.25, 0.3) is 0 Å². The summed E-state index contributed by atoms with van der Waals surface area (Å²) in [6.07, 6.45) is -2.94. The van der Waals surface area contributed by atoms with Crippen molar-refractivity contribution >= 4 is 11.9 Å². The van der Waals surface area contributed by atoms with Crippen LogP contribution in [0.2, 0.25) is 0 Å². The Kier molecular flexibility index (Phi) is 7.11. The van der Waals surface area contributed by atoms with Crippen LogP contribution in [0.4, 0.5) is 13.2 Å². The van der Waals surface area contributed by atoms with Crippen molar-refractivity contribution in [3.05, 3.63) is 11.9 Å². The molecule has 0 aliphatic carbocycles. The first kappa shape index (κ1) is 16.8.